The van der Waals surface area contributed by atoms with E-state index in [4.69, 9.17) is 4.74 Å². The monoisotopic (exact) mass is 259 g/mol. The lowest BCUT2D eigenvalue weighted by Crippen LogP contribution is -2.30. The zero-order valence-corrected chi connectivity index (χ0v) is 12.3. The van der Waals surface area contributed by atoms with E-state index in [-0.39, 0.29) is 0 Å². The van der Waals surface area contributed by atoms with Crippen molar-refractivity contribution in [3.8, 4) is 5.75 Å². The van der Waals surface area contributed by atoms with Gasteiger partial charge in [0.2, 0.25) is 0 Å². The van der Waals surface area contributed by atoms with Gasteiger partial charge < -0.3 is 10.1 Å². The number of fused-ring (bicyclic) bond motifs is 1. The molecule has 1 aromatic carbocycles. The molecule has 4 unspecified atom stereocenters. The molecule has 0 bridgehead atoms. The van der Waals surface area contributed by atoms with Crippen LogP contribution in [0.15, 0.2) is 18.2 Å². The Bertz CT molecular complexity index is 457. The highest BCUT2D eigenvalue weighted by atomic mass is 16.5. The molecule has 2 heteroatoms. The number of benzene rings is 1. The van der Waals surface area contributed by atoms with Gasteiger partial charge in [-0.3, -0.25) is 0 Å². The molecule has 19 heavy (non-hydrogen) atoms. The van der Waals surface area contributed by atoms with Crippen LogP contribution in [0, 0.1) is 18.8 Å². The number of hydrogen-bond donors (Lipinski definition) is 1. The third-order valence-corrected chi connectivity index (χ3v) is 5.12. The molecular formula is C17H25NO. The molecule has 0 spiro atoms. The molecule has 0 amide bonds. The molecule has 3 rings (SSSR count). The van der Waals surface area contributed by atoms with Crippen molar-refractivity contribution in [2.45, 2.75) is 51.7 Å². The number of hydrogen-bond acceptors (Lipinski definition) is 2. The van der Waals surface area contributed by atoms with Crippen LogP contribution in [0.2, 0.25) is 0 Å². The van der Waals surface area contributed by atoms with Crippen LogP contribution in [-0.4, -0.2) is 19.2 Å². The zero-order chi connectivity index (χ0) is 13.4. The second kappa shape index (κ2) is 5.16. The average Bonchev–Trinajstić information content (AvgIpc) is 2.93. The van der Waals surface area contributed by atoms with Crippen LogP contribution in [0.3, 0.4) is 0 Å². The van der Waals surface area contributed by atoms with Crippen molar-refractivity contribution >= 4 is 0 Å². The van der Waals surface area contributed by atoms with Crippen LogP contribution >= 0.6 is 0 Å². The molecule has 1 aliphatic carbocycles. The van der Waals surface area contributed by atoms with Gasteiger partial charge in [0.1, 0.15) is 11.9 Å². The van der Waals surface area contributed by atoms with Crippen LogP contribution in [0.25, 0.3) is 0 Å². The van der Waals surface area contributed by atoms with E-state index in [2.05, 4.69) is 44.4 Å². The topological polar surface area (TPSA) is 21.3 Å². The number of nitrogens with one attached hydrogen (secondary N) is 1. The fraction of sp³-hybridized carbons (Fsp3) is 0.647. The van der Waals surface area contributed by atoms with Crippen LogP contribution in [0.5, 0.6) is 5.75 Å². The van der Waals surface area contributed by atoms with E-state index in [0.29, 0.717) is 12.1 Å². The van der Waals surface area contributed by atoms with Crippen molar-refractivity contribution in [2.24, 2.45) is 11.8 Å². The first-order valence-electron chi connectivity index (χ1n) is 7.61. The molecule has 2 nitrogen and oxygen atoms in total. The first-order valence-corrected chi connectivity index (χ1v) is 7.61. The lowest BCUT2D eigenvalue weighted by atomic mass is 9.89. The molecule has 4 atom stereocenters. The van der Waals surface area contributed by atoms with Crippen molar-refractivity contribution in [2.75, 3.05) is 7.05 Å². The summed E-state index contributed by atoms with van der Waals surface area (Å²) in [6.45, 7) is 4.55. The second-order valence-corrected chi connectivity index (χ2v) is 6.38. The summed E-state index contributed by atoms with van der Waals surface area (Å²) in [7, 11) is 2.09. The summed E-state index contributed by atoms with van der Waals surface area (Å²) in [5, 5.41) is 3.45. The predicted octanol–water partition coefficient (Wildman–Crippen LogP) is 3.32. The van der Waals surface area contributed by atoms with Gasteiger partial charge in [-0.25, -0.2) is 0 Å². The standard InChI is InChI=1S/C17H25NO/c1-11-4-7-17-14(8-11)10-15(19-17)9-13-5-6-16(18-3)12(13)2/h4,7-8,12-13,15-16,18H,5-6,9-10H2,1-3H3. The van der Waals surface area contributed by atoms with Crippen molar-refractivity contribution in [3.05, 3.63) is 29.3 Å². The third-order valence-electron chi connectivity index (χ3n) is 5.12. The molecule has 1 N–H and O–H groups in total. The highest BCUT2D eigenvalue weighted by Crippen LogP contribution is 2.38. The van der Waals surface area contributed by atoms with E-state index >= 15 is 0 Å². The van der Waals surface area contributed by atoms with E-state index in [9.17, 15) is 0 Å². The Morgan fingerprint density at radius 3 is 2.89 bits per heavy atom. The molecular weight excluding hydrogens is 234 g/mol. The van der Waals surface area contributed by atoms with Gasteiger partial charge in [-0.2, -0.15) is 0 Å². The van der Waals surface area contributed by atoms with Gasteiger partial charge in [-0.15, -0.1) is 0 Å². The summed E-state index contributed by atoms with van der Waals surface area (Å²) in [5.41, 5.74) is 2.74. The van der Waals surface area contributed by atoms with E-state index in [0.717, 1.165) is 24.0 Å². The van der Waals surface area contributed by atoms with E-state index < -0.39 is 0 Å². The van der Waals surface area contributed by atoms with E-state index in [1.54, 1.807) is 0 Å². The summed E-state index contributed by atoms with van der Waals surface area (Å²) < 4.78 is 6.12. The van der Waals surface area contributed by atoms with Crippen molar-refractivity contribution < 1.29 is 4.74 Å². The van der Waals surface area contributed by atoms with Gasteiger partial charge in [0, 0.05) is 12.5 Å². The molecule has 104 valence electrons. The van der Waals surface area contributed by atoms with Crippen LogP contribution in [0.4, 0.5) is 0 Å². The van der Waals surface area contributed by atoms with Gasteiger partial charge in [-0.05, 0) is 56.7 Å². The SMILES string of the molecule is CNC1CCC(CC2Cc3cc(C)ccc3O2)C1C. The van der Waals surface area contributed by atoms with Crippen LogP contribution < -0.4 is 10.1 Å². The fourth-order valence-electron chi connectivity index (χ4n) is 3.91. The quantitative estimate of drug-likeness (QED) is 0.899. The fourth-order valence-corrected chi connectivity index (χ4v) is 3.91. The largest absolute Gasteiger partial charge is 0.490 e. The Kier molecular flexibility index (Phi) is 3.53. The molecule has 1 aliphatic heterocycles. The first-order chi connectivity index (χ1) is 9.17. The molecule has 1 saturated carbocycles. The van der Waals surface area contributed by atoms with Crippen LogP contribution in [-0.2, 0) is 6.42 Å². The van der Waals surface area contributed by atoms with Gasteiger partial charge in [0.25, 0.3) is 0 Å². The summed E-state index contributed by atoms with van der Waals surface area (Å²) in [6.07, 6.45) is 5.39. The third kappa shape index (κ3) is 2.51. The average molecular weight is 259 g/mol. The Labute approximate surface area is 116 Å². The van der Waals surface area contributed by atoms with Gasteiger partial charge >= 0.3 is 0 Å². The predicted molar refractivity (Wildman–Crippen MR) is 78.7 cm³/mol. The highest BCUT2D eigenvalue weighted by molar-refractivity contribution is 5.40. The summed E-state index contributed by atoms with van der Waals surface area (Å²) in [6, 6.07) is 7.27. The molecule has 1 aromatic rings. The maximum Gasteiger partial charge on any atom is 0.123 e. The molecule has 1 heterocycles. The Hall–Kier alpha value is -1.02. The molecule has 1 fully saturated rings. The highest BCUT2D eigenvalue weighted by Gasteiger charge is 2.35. The van der Waals surface area contributed by atoms with Crippen molar-refractivity contribution in [1.82, 2.24) is 5.32 Å². The smallest absolute Gasteiger partial charge is 0.123 e. The van der Waals surface area contributed by atoms with Crippen molar-refractivity contribution in [1.29, 1.82) is 0 Å². The van der Waals surface area contributed by atoms with Gasteiger partial charge in [-0.1, -0.05) is 24.6 Å². The second-order valence-electron chi connectivity index (χ2n) is 6.38. The van der Waals surface area contributed by atoms with E-state index in [1.165, 1.54) is 30.4 Å². The first kappa shape index (κ1) is 13.0. The van der Waals surface area contributed by atoms with Gasteiger partial charge in [0.05, 0.1) is 0 Å². The minimum Gasteiger partial charge on any atom is -0.490 e. The minimum absolute atomic E-state index is 0.403. The summed E-state index contributed by atoms with van der Waals surface area (Å²) >= 11 is 0. The zero-order valence-electron chi connectivity index (χ0n) is 12.3. The Balaban J connectivity index is 1.62. The number of rotatable bonds is 3. The molecule has 0 radical (unpaired) electrons. The summed E-state index contributed by atoms with van der Waals surface area (Å²) in [4.78, 5) is 0. The molecule has 2 aliphatic rings. The van der Waals surface area contributed by atoms with E-state index in [1.807, 2.05) is 0 Å². The summed E-state index contributed by atoms with van der Waals surface area (Å²) in [5.74, 6) is 2.71. The number of ether oxygens (including phenoxy) is 1. The normalized spacial score (nSPS) is 33.2. The molecule has 0 aromatic heterocycles. The Morgan fingerprint density at radius 1 is 1.32 bits per heavy atom. The minimum atomic E-state index is 0.403. The maximum atomic E-state index is 6.12. The van der Waals surface area contributed by atoms with Gasteiger partial charge in [0.15, 0.2) is 0 Å². The molecule has 0 saturated heterocycles. The van der Waals surface area contributed by atoms with Crippen LogP contribution in [0.1, 0.15) is 37.3 Å². The number of aryl methyl sites for hydroxylation is 1. The maximum absolute atomic E-state index is 6.12. The Morgan fingerprint density at radius 2 is 2.16 bits per heavy atom. The van der Waals surface area contributed by atoms with Crippen molar-refractivity contribution in [3.63, 3.8) is 0 Å². The lowest BCUT2D eigenvalue weighted by molar-refractivity contribution is 0.177. The lowest BCUT2D eigenvalue weighted by Gasteiger charge is -2.22.